The van der Waals surface area contributed by atoms with Crippen LogP contribution in [0.5, 0.6) is 5.75 Å². The molecule has 1 aliphatic rings. The van der Waals surface area contributed by atoms with Gasteiger partial charge in [0.25, 0.3) is 0 Å². The van der Waals surface area contributed by atoms with Crippen molar-refractivity contribution in [1.82, 2.24) is 4.57 Å². The number of carbonyl (C=O) groups is 1. The first-order valence-electron chi connectivity index (χ1n) is 6.32. The molecule has 0 saturated heterocycles. The van der Waals surface area contributed by atoms with Crippen LogP contribution >= 0.6 is 0 Å². The summed E-state index contributed by atoms with van der Waals surface area (Å²) in [7, 11) is 0. The summed E-state index contributed by atoms with van der Waals surface area (Å²) in [6, 6.07) is 6.58. The molecule has 0 unspecified atom stereocenters. The average Bonchev–Trinajstić information content (AvgIpc) is 3.13. The van der Waals surface area contributed by atoms with Crippen molar-refractivity contribution in [1.29, 1.82) is 0 Å². The highest BCUT2D eigenvalue weighted by Crippen LogP contribution is 2.31. The fraction of sp³-hybridized carbons (Fsp3) is 0.267. The van der Waals surface area contributed by atoms with Gasteiger partial charge in [0.1, 0.15) is 0 Å². The van der Waals surface area contributed by atoms with Crippen LogP contribution in [0.25, 0.3) is 11.1 Å². The SMILES string of the molecule is O=Cn1ccc(-c2ccc(F)c(OCC3CC3)c2)c1. The number of aromatic nitrogens is 1. The second kappa shape index (κ2) is 4.88. The van der Waals surface area contributed by atoms with Crippen LogP contribution in [-0.4, -0.2) is 17.6 Å². The monoisotopic (exact) mass is 259 g/mol. The van der Waals surface area contributed by atoms with Crippen LogP contribution in [0.3, 0.4) is 0 Å². The van der Waals surface area contributed by atoms with Gasteiger partial charge in [-0.1, -0.05) is 6.07 Å². The lowest BCUT2D eigenvalue weighted by atomic mass is 10.1. The van der Waals surface area contributed by atoms with Gasteiger partial charge >= 0.3 is 0 Å². The maximum Gasteiger partial charge on any atom is 0.217 e. The molecule has 3 rings (SSSR count). The maximum absolute atomic E-state index is 13.6. The predicted octanol–water partition coefficient (Wildman–Crippen LogP) is 3.12. The quantitative estimate of drug-likeness (QED) is 0.772. The number of ether oxygens (including phenoxy) is 1. The average molecular weight is 259 g/mol. The molecule has 1 heterocycles. The summed E-state index contributed by atoms with van der Waals surface area (Å²) >= 11 is 0. The van der Waals surface area contributed by atoms with E-state index in [0.29, 0.717) is 12.5 Å². The lowest BCUT2D eigenvalue weighted by Gasteiger charge is -2.08. The zero-order valence-corrected chi connectivity index (χ0v) is 10.4. The smallest absolute Gasteiger partial charge is 0.217 e. The third-order valence-corrected chi connectivity index (χ3v) is 3.27. The molecule has 0 atom stereocenters. The summed E-state index contributed by atoms with van der Waals surface area (Å²) in [5.74, 6) is 0.515. The second-order valence-electron chi connectivity index (χ2n) is 4.85. The van der Waals surface area contributed by atoms with E-state index < -0.39 is 0 Å². The van der Waals surface area contributed by atoms with Crippen molar-refractivity contribution in [2.45, 2.75) is 12.8 Å². The number of carbonyl (C=O) groups excluding carboxylic acids is 1. The Labute approximate surface area is 110 Å². The Morgan fingerprint density at radius 3 is 2.84 bits per heavy atom. The zero-order valence-electron chi connectivity index (χ0n) is 10.4. The molecule has 0 bridgehead atoms. The first-order chi connectivity index (χ1) is 9.26. The Morgan fingerprint density at radius 1 is 1.32 bits per heavy atom. The molecule has 0 radical (unpaired) electrons. The molecule has 0 N–H and O–H groups in total. The molecule has 4 heteroatoms. The van der Waals surface area contributed by atoms with Crippen molar-refractivity contribution >= 4 is 6.41 Å². The molecule has 19 heavy (non-hydrogen) atoms. The minimum absolute atomic E-state index is 0.281. The fourth-order valence-electron chi connectivity index (χ4n) is 1.94. The number of rotatable bonds is 5. The van der Waals surface area contributed by atoms with Gasteiger partial charge in [0.2, 0.25) is 6.41 Å². The minimum atomic E-state index is -0.348. The van der Waals surface area contributed by atoms with E-state index in [1.54, 1.807) is 24.5 Å². The van der Waals surface area contributed by atoms with Crippen molar-refractivity contribution in [3.8, 4) is 16.9 Å². The number of nitrogens with zero attached hydrogens (tertiary/aromatic N) is 1. The number of benzene rings is 1. The molecule has 1 saturated carbocycles. The van der Waals surface area contributed by atoms with Crippen molar-refractivity contribution in [2.75, 3.05) is 6.61 Å². The maximum atomic E-state index is 13.6. The normalized spacial score (nSPS) is 14.4. The van der Waals surface area contributed by atoms with Crippen LogP contribution in [0.2, 0.25) is 0 Å². The molecule has 0 spiro atoms. The molecule has 2 aromatic rings. The van der Waals surface area contributed by atoms with E-state index >= 15 is 0 Å². The number of hydrogen-bond donors (Lipinski definition) is 0. The van der Waals surface area contributed by atoms with Gasteiger partial charge in [0, 0.05) is 12.4 Å². The van der Waals surface area contributed by atoms with Crippen LogP contribution in [-0.2, 0) is 4.79 Å². The third-order valence-electron chi connectivity index (χ3n) is 3.27. The molecular formula is C15H14FNO2. The predicted molar refractivity (Wildman–Crippen MR) is 70.2 cm³/mol. The molecule has 0 amide bonds. The summed E-state index contributed by atoms with van der Waals surface area (Å²) in [5, 5.41) is 0. The molecule has 1 aliphatic carbocycles. The van der Waals surface area contributed by atoms with Gasteiger partial charge in [-0.05, 0) is 48.1 Å². The zero-order chi connectivity index (χ0) is 13.2. The Balaban J connectivity index is 1.84. The van der Waals surface area contributed by atoms with Gasteiger partial charge in [0.05, 0.1) is 6.61 Å². The Hall–Kier alpha value is -2.10. The summed E-state index contributed by atoms with van der Waals surface area (Å²) in [5.41, 5.74) is 1.70. The summed E-state index contributed by atoms with van der Waals surface area (Å²) in [6.07, 6.45) is 6.42. The fourth-order valence-corrected chi connectivity index (χ4v) is 1.94. The van der Waals surface area contributed by atoms with Gasteiger partial charge in [-0.25, -0.2) is 4.39 Å². The van der Waals surface area contributed by atoms with Crippen LogP contribution in [0.1, 0.15) is 12.8 Å². The molecule has 98 valence electrons. The van der Waals surface area contributed by atoms with Gasteiger partial charge in [-0.15, -0.1) is 0 Å². The van der Waals surface area contributed by atoms with Crippen molar-refractivity contribution in [3.05, 3.63) is 42.5 Å². The number of hydrogen-bond acceptors (Lipinski definition) is 2. The topological polar surface area (TPSA) is 31.2 Å². The van der Waals surface area contributed by atoms with E-state index in [4.69, 9.17) is 4.74 Å². The minimum Gasteiger partial charge on any atom is -0.490 e. The summed E-state index contributed by atoms with van der Waals surface area (Å²) in [6.45, 7) is 0.579. The summed E-state index contributed by atoms with van der Waals surface area (Å²) < 4.78 is 20.6. The lowest BCUT2D eigenvalue weighted by molar-refractivity contribution is 0.285. The van der Waals surface area contributed by atoms with Crippen molar-refractivity contribution in [2.24, 2.45) is 5.92 Å². The number of halogens is 1. The van der Waals surface area contributed by atoms with E-state index in [1.165, 1.54) is 23.5 Å². The molecule has 3 nitrogen and oxygen atoms in total. The van der Waals surface area contributed by atoms with Crippen LogP contribution in [0.15, 0.2) is 36.7 Å². The molecule has 1 fully saturated rings. The molecule has 1 aromatic heterocycles. The highest BCUT2D eigenvalue weighted by atomic mass is 19.1. The standard InChI is InChI=1S/C15H14FNO2/c16-14-4-3-12(13-5-6-17(8-13)10-18)7-15(14)19-9-11-1-2-11/h3-8,10-11H,1-2,9H2. The van der Waals surface area contributed by atoms with Gasteiger partial charge in [-0.2, -0.15) is 0 Å². The highest BCUT2D eigenvalue weighted by molar-refractivity contribution is 5.67. The van der Waals surface area contributed by atoms with Crippen LogP contribution in [0, 0.1) is 11.7 Å². The molecule has 0 aliphatic heterocycles. The highest BCUT2D eigenvalue weighted by Gasteiger charge is 2.22. The van der Waals surface area contributed by atoms with E-state index in [2.05, 4.69) is 0 Å². The van der Waals surface area contributed by atoms with Crippen molar-refractivity contribution < 1.29 is 13.9 Å². The van der Waals surface area contributed by atoms with E-state index in [1.807, 2.05) is 6.07 Å². The third kappa shape index (κ3) is 2.67. The summed E-state index contributed by atoms with van der Waals surface area (Å²) in [4.78, 5) is 10.6. The van der Waals surface area contributed by atoms with E-state index in [0.717, 1.165) is 17.5 Å². The first kappa shape index (κ1) is 12.0. The van der Waals surface area contributed by atoms with Crippen molar-refractivity contribution in [3.63, 3.8) is 0 Å². The van der Waals surface area contributed by atoms with E-state index in [9.17, 15) is 9.18 Å². The molecule has 1 aromatic carbocycles. The second-order valence-corrected chi connectivity index (χ2v) is 4.85. The van der Waals surface area contributed by atoms with Crippen LogP contribution < -0.4 is 4.74 Å². The van der Waals surface area contributed by atoms with Gasteiger partial charge in [0.15, 0.2) is 11.6 Å². The molecular weight excluding hydrogens is 245 g/mol. The lowest BCUT2D eigenvalue weighted by Crippen LogP contribution is -2.00. The Morgan fingerprint density at radius 2 is 2.16 bits per heavy atom. The van der Waals surface area contributed by atoms with Gasteiger partial charge in [-0.3, -0.25) is 9.36 Å². The van der Waals surface area contributed by atoms with Crippen LogP contribution in [0.4, 0.5) is 4.39 Å². The first-order valence-corrected chi connectivity index (χ1v) is 6.32. The Kier molecular flexibility index (Phi) is 3.07. The Bertz CT molecular complexity index is 602. The van der Waals surface area contributed by atoms with E-state index in [-0.39, 0.29) is 11.6 Å². The largest absolute Gasteiger partial charge is 0.490 e. The van der Waals surface area contributed by atoms with Gasteiger partial charge < -0.3 is 4.74 Å².